The van der Waals surface area contributed by atoms with E-state index in [0.29, 0.717) is 5.69 Å². The fourth-order valence-corrected chi connectivity index (χ4v) is 2.47. The van der Waals surface area contributed by atoms with Crippen molar-refractivity contribution in [3.63, 3.8) is 0 Å². The monoisotopic (exact) mass is 315 g/mol. The van der Waals surface area contributed by atoms with E-state index in [1.165, 1.54) is 11.1 Å². The highest BCUT2D eigenvalue weighted by molar-refractivity contribution is 5.88. The zero-order chi connectivity index (χ0) is 16.8. The first-order chi connectivity index (χ1) is 11.7. The van der Waals surface area contributed by atoms with Gasteiger partial charge in [0.15, 0.2) is 0 Å². The molecule has 0 unspecified atom stereocenters. The van der Waals surface area contributed by atoms with Crippen molar-refractivity contribution in [2.24, 2.45) is 0 Å². The normalized spacial score (nSPS) is 10.7. The number of anilines is 1. The Morgan fingerprint density at radius 1 is 0.750 bits per heavy atom. The van der Waals surface area contributed by atoms with Crippen LogP contribution in [0.4, 0.5) is 10.5 Å². The van der Waals surface area contributed by atoms with E-state index in [0.717, 1.165) is 11.1 Å². The molecule has 0 saturated carbocycles. The molecule has 3 heteroatoms. The van der Waals surface area contributed by atoms with Gasteiger partial charge in [0.1, 0.15) is 0 Å². The van der Waals surface area contributed by atoms with Gasteiger partial charge >= 0.3 is 6.09 Å². The Morgan fingerprint density at radius 3 is 2.08 bits per heavy atom. The molecular weight excluding hydrogens is 298 g/mol. The third-order valence-corrected chi connectivity index (χ3v) is 3.68. The summed E-state index contributed by atoms with van der Waals surface area (Å²) in [5.74, 6) is 0. The molecule has 24 heavy (non-hydrogen) atoms. The van der Waals surface area contributed by atoms with Crippen LogP contribution in [-0.4, -0.2) is 11.2 Å². The van der Waals surface area contributed by atoms with Gasteiger partial charge in [-0.2, -0.15) is 0 Å². The molecule has 0 bridgehead atoms. The molecule has 3 aromatic carbocycles. The number of amides is 1. The summed E-state index contributed by atoms with van der Waals surface area (Å²) in [4.78, 5) is 10.8. The van der Waals surface area contributed by atoms with Gasteiger partial charge in [-0.05, 0) is 28.3 Å². The van der Waals surface area contributed by atoms with Crippen LogP contribution in [0.15, 0.2) is 78.9 Å². The van der Waals surface area contributed by atoms with E-state index in [1.807, 2.05) is 54.6 Å². The van der Waals surface area contributed by atoms with E-state index in [2.05, 4.69) is 29.6 Å². The van der Waals surface area contributed by atoms with E-state index in [1.54, 1.807) is 12.1 Å². The van der Waals surface area contributed by atoms with E-state index >= 15 is 0 Å². The van der Waals surface area contributed by atoms with Crippen molar-refractivity contribution >= 4 is 23.9 Å². The van der Waals surface area contributed by atoms with Crippen molar-refractivity contribution in [3.8, 4) is 11.1 Å². The highest BCUT2D eigenvalue weighted by Gasteiger charge is 2.02. The number of carbonyl (C=O) groups is 1. The molecule has 0 atom stereocenters. The van der Waals surface area contributed by atoms with Crippen LogP contribution in [-0.2, 0) is 0 Å². The molecule has 0 aliphatic rings. The highest BCUT2D eigenvalue weighted by Crippen LogP contribution is 2.21. The number of nitrogens with one attached hydrogen (secondary N) is 1. The lowest BCUT2D eigenvalue weighted by Crippen LogP contribution is -2.08. The minimum absolute atomic E-state index is 0.571. The van der Waals surface area contributed by atoms with E-state index < -0.39 is 6.09 Å². The van der Waals surface area contributed by atoms with Crippen LogP contribution in [0.1, 0.15) is 11.1 Å². The van der Waals surface area contributed by atoms with Crippen LogP contribution in [0.2, 0.25) is 0 Å². The molecule has 1 amide bonds. The average molecular weight is 315 g/mol. The van der Waals surface area contributed by atoms with Crippen LogP contribution in [0.3, 0.4) is 0 Å². The van der Waals surface area contributed by atoms with Gasteiger partial charge in [0, 0.05) is 0 Å². The summed E-state index contributed by atoms with van der Waals surface area (Å²) in [5, 5.41) is 11.3. The Morgan fingerprint density at radius 2 is 1.38 bits per heavy atom. The first kappa shape index (κ1) is 15.6. The molecule has 0 spiro atoms. The van der Waals surface area contributed by atoms with Gasteiger partial charge in [-0.15, -0.1) is 0 Å². The number of para-hydroxylation sites is 1. The number of carboxylic acid groups (broad SMARTS) is 1. The van der Waals surface area contributed by atoms with Crippen LogP contribution in [0, 0.1) is 0 Å². The Kier molecular flexibility index (Phi) is 4.73. The quantitative estimate of drug-likeness (QED) is 0.614. The fraction of sp³-hybridized carbons (Fsp3) is 0. The Bertz CT molecular complexity index is 853. The zero-order valence-electron chi connectivity index (χ0n) is 13.0. The summed E-state index contributed by atoms with van der Waals surface area (Å²) in [6.45, 7) is 0. The average Bonchev–Trinajstić information content (AvgIpc) is 2.62. The van der Waals surface area contributed by atoms with E-state index in [9.17, 15) is 4.79 Å². The Labute approximate surface area is 140 Å². The second-order valence-corrected chi connectivity index (χ2v) is 5.34. The second-order valence-electron chi connectivity index (χ2n) is 5.34. The molecule has 0 radical (unpaired) electrons. The van der Waals surface area contributed by atoms with Gasteiger partial charge in [0.05, 0.1) is 5.69 Å². The van der Waals surface area contributed by atoms with Gasteiger partial charge in [-0.3, -0.25) is 5.32 Å². The first-order valence-corrected chi connectivity index (χ1v) is 7.65. The minimum atomic E-state index is -1.07. The molecule has 0 saturated heterocycles. The molecule has 118 valence electrons. The number of hydrogen-bond donors (Lipinski definition) is 2. The van der Waals surface area contributed by atoms with Crippen LogP contribution in [0.5, 0.6) is 0 Å². The van der Waals surface area contributed by atoms with Crippen LogP contribution >= 0.6 is 0 Å². The van der Waals surface area contributed by atoms with Crippen molar-refractivity contribution in [2.75, 3.05) is 5.32 Å². The molecule has 0 fully saturated rings. The van der Waals surface area contributed by atoms with Crippen molar-refractivity contribution in [3.05, 3.63) is 90.0 Å². The van der Waals surface area contributed by atoms with Gasteiger partial charge in [-0.25, -0.2) is 4.79 Å². The van der Waals surface area contributed by atoms with E-state index in [-0.39, 0.29) is 0 Å². The third-order valence-electron chi connectivity index (χ3n) is 3.68. The molecule has 3 nitrogen and oxygen atoms in total. The number of rotatable bonds is 4. The fourth-order valence-electron chi connectivity index (χ4n) is 2.47. The van der Waals surface area contributed by atoms with Gasteiger partial charge in [-0.1, -0.05) is 84.9 Å². The van der Waals surface area contributed by atoms with Gasteiger partial charge < -0.3 is 5.11 Å². The molecule has 3 rings (SSSR count). The summed E-state index contributed by atoms with van der Waals surface area (Å²) in [6.07, 6.45) is 2.81. The van der Waals surface area contributed by atoms with Crippen molar-refractivity contribution < 1.29 is 9.90 Å². The molecule has 3 aromatic rings. The standard InChI is InChI=1S/C21H17NO2/c23-21(24)22-20-9-5-4-8-19(20)15-12-16-10-13-18(14-11-16)17-6-2-1-3-7-17/h1-15,22H,(H,23,24)/b15-12+. The summed E-state index contributed by atoms with van der Waals surface area (Å²) >= 11 is 0. The van der Waals surface area contributed by atoms with Crippen molar-refractivity contribution in [1.82, 2.24) is 0 Å². The summed E-state index contributed by atoms with van der Waals surface area (Å²) in [6, 6.07) is 25.8. The molecule has 2 N–H and O–H groups in total. The van der Waals surface area contributed by atoms with Crippen LogP contribution < -0.4 is 5.32 Å². The van der Waals surface area contributed by atoms with E-state index in [4.69, 9.17) is 5.11 Å². The maximum absolute atomic E-state index is 10.8. The lowest BCUT2D eigenvalue weighted by atomic mass is 10.0. The van der Waals surface area contributed by atoms with Gasteiger partial charge in [0.2, 0.25) is 0 Å². The predicted molar refractivity (Wildman–Crippen MR) is 98.9 cm³/mol. The minimum Gasteiger partial charge on any atom is -0.465 e. The molecule has 0 aliphatic heterocycles. The number of benzene rings is 3. The molecule has 0 aliphatic carbocycles. The molecule has 0 aromatic heterocycles. The summed E-state index contributed by atoms with van der Waals surface area (Å²) in [7, 11) is 0. The third kappa shape index (κ3) is 3.90. The smallest absolute Gasteiger partial charge is 0.409 e. The number of hydrogen-bond acceptors (Lipinski definition) is 1. The Balaban J connectivity index is 1.79. The maximum atomic E-state index is 10.8. The summed E-state index contributed by atoms with van der Waals surface area (Å²) < 4.78 is 0. The lowest BCUT2D eigenvalue weighted by Gasteiger charge is -2.05. The molecular formula is C21H17NO2. The summed E-state index contributed by atoms with van der Waals surface area (Å²) in [5.41, 5.74) is 4.80. The second kappa shape index (κ2) is 7.29. The van der Waals surface area contributed by atoms with Crippen LogP contribution in [0.25, 0.3) is 23.3 Å². The Hall–Kier alpha value is -3.33. The molecule has 0 heterocycles. The topological polar surface area (TPSA) is 49.3 Å². The van der Waals surface area contributed by atoms with Crippen molar-refractivity contribution in [2.45, 2.75) is 0 Å². The first-order valence-electron chi connectivity index (χ1n) is 7.65. The maximum Gasteiger partial charge on any atom is 0.409 e. The SMILES string of the molecule is O=C(O)Nc1ccccc1/C=C/c1ccc(-c2ccccc2)cc1. The highest BCUT2D eigenvalue weighted by atomic mass is 16.4. The van der Waals surface area contributed by atoms with Crippen molar-refractivity contribution in [1.29, 1.82) is 0 Å². The lowest BCUT2D eigenvalue weighted by molar-refractivity contribution is 0.209. The van der Waals surface area contributed by atoms with Gasteiger partial charge in [0.25, 0.3) is 0 Å². The largest absolute Gasteiger partial charge is 0.465 e. The predicted octanol–water partition coefficient (Wildman–Crippen LogP) is 5.61. The zero-order valence-corrected chi connectivity index (χ0v) is 13.0.